The number of ether oxygens (including phenoxy) is 1. The predicted molar refractivity (Wildman–Crippen MR) is 80.7 cm³/mol. The van der Waals surface area contributed by atoms with E-state index in [9.17, 15) is 0 Å². The van der Waals surface area contributed by atoms with Gasteiger partial charge in [-0.25, -0.2) is 9.97 Å². The summed E-state index contributed by atoms with van der Waals surface area (Å²) in [5.41, 5.74) is 0.957. The van der Waals surface area contributed by atoms with Gasteiger partial charge in [0.2, 0.25) is 5.88 Å². The highest BCUT2D eigenvalue weighted by Gasteiger charge is 2.15. The largest absolute Gasteiger partial charge is 0.481 e. The van der Waals surface area contributed by atoms with Gasteiger partial charge in [0.25, 0.3) is 0 Å². The molecule has 2 rings (SSSR count). The van der Waals surface area contributed by atoms with Crippen LogP contribution in [0.3, 0.4) is 0 Å². The highest BCUT2D eigenvalue weighted by Crippen LogP contribution is 2.25. The lowest BCUT2D eigenvalue weighted by Gasteiger charge is -2.16. The lowest BCUT2D eigenvalue weighted by atomic mass is 10.1. The molecule has 2 aromatic rings. The smallest absolute Gasteiger partial charge is 0.216 e. The van der Waals surface area contributed by atoms with Crippen molar-refractivity contribution in [2.75, 3.05) is 13.7 Å². The first kappa shape index (κ1) is 14.4. The molecule has 1 atom stereocenters. The monoisotopic (exact) mass is 341 g/mol. The van der Waals surface area contributed by atoms with Gasteiger partial charge in [-0.3, -0.25) is 0 Å². The van der Waals surface area contributed by atoms with Gasteiger partial charge in [-0.15, -0.1) is 11.3 Å². The molecule has 0 spiro atoms. The number of nitrogens with zero attached hydrogens (tertiary/aromatic N) is 2. The van der Waals surface area contributed by atoms with Gasteiger partial charge in [0.1, 0.15) is 6.33 Å². The summed E-state index contributed by atoms with van der Waals surface area (Å²) in [6.07, 6.45) is 2.45. The van der Waals surface area contributed by atoms with Crippen LogP contribution >= 0.6 is 27.3 Å². The fourth-order valence-electron chi connectivity index (χ4n) is 1.85. The second kappa shape index (κ2) is 6.98. The van der Waals surface area contributed by atoms with Crippen LogP contribution in [0.25, 0.3) is 0 Å². The Morgan fingerprint density at radius 1 is 1.42 bits per heavy atom. The van der Waals surface area contributed by atoms with E-state index in [0.717, 1.165) is 23.1 Å². The summed E-state index contributed by atoms with van der Waals surface area (Å²) < 4.78 is 6.28. The van der Waals surface area contributed by atoms with Gasteiger partial charge in [-0.1, -0.05) is 6.92 Å². The van der Waals surface area contributed by atoms with Gasteiger partial charge >= 0.3 is 0 Å². The fraction of sp³-hybridized carbons (Fsp3) is 0.385. The minimum Gasteiger partial charge on any atom is -0.481 e. The maximum absolute atomic E-state index is 5.15. The van der Waals surface area contributed by atoms with Crippen LogP contribution in [0.5, 0.6) is 5.88 Å². The third kappa shape index (κ3) is 3.99. The van der Waals surface area contributed by atoms with Gasteiger partial charge in [0.05, 0.1) is 18.8 Å². The van der Waals surface area contributed by atoms with E-state index < -0.39 is 0 Å². The molecule has 0 aliphatic heterocycles. The molecule has 19 heavy (non-hydrogen) atoms. The average Bonchev–Trinajstić information content (AvgIpc) is 2.84. The normalized spacial score (nSPS) is 12.4. The number of nitrogens with one attached hydrogen (secondary N) is 1. The summed E-state index contributed by atoms with van der Waals surface area (Å²) in [7, 11) is 1.62. The van der Waals surface area contributed by atoms with Crippen molar-refractivity contribution < 1.29 is 4.74 Å². The molecule has 1 N–H and O–H groups in total. The molecule has 2 aromatic heterocycles. The number of hydrogen-bond donors (Lipinski definition) is 1. The molecule has 0 saturated carbocycles. The molecular formula is C13H16BrN3OS. The van der Waals surface area contributed by atoms with E-state index >= 15 is 0 Å². The van der Waals surface area contributed by atoms with E-state index in [-0.39, 0.29) is 6.04 Å². The van der Waals surface area contributed by atoms with E-state index in [1.165, 1.54) is 4.88 Å². The second-order valence-electron chi connectivity index (χ2n) is 4.03. The molecule has 0 radical (unpaired) electrons. The predicted octanol–water partition coefficient (Wildman–Crippen LogP) is 3.20. The number of rotatable bonds is 6. The lowest BCUT2D eigenvalue weighted by molar-refractivity contribution is 0.394. The average molecular weight is 342 g/mol. The summed E-state index contributed by atoms with van der Waals surface area (Å²) in [4.78, 5) is 9.71. The van der Waals surface area contributed by atoms with Crippen molar-refractivity contribution in [3.8, 4) is 5.88 Å². The van der Waals surface area contributed by atoms with Crippen LogP contribution in [0.4, 0.5) is 0 Å². The van der Waals surface area contributed by atoms with Crippen molar-refractivity contribution in [3.63, 3.8) is 0 Å². The summed E-state index contributed by atoms with van der Waals surface area (Å²) in [5.74, 6) is 0.597. The minimum atomic E-state index is 0.174. The van der Waals surface area contributed by atoms with Crippen LogP contribution in [-0.4, -0.2) is 23.6 Å². The van der Waals surface area contributed by atoms with Crippen LogP contribution in [0.15, 0.2) is 28.3 Å². The Hall–Kier alpha value is -0.980. The topological polar surface area (TPSA) is 47.0 Å². The van der Waals surface area contributed by atoms with E-state index in [0.29, 0.717) is 5.88 Å². The standard InChI is InChI=1S/C13H16BrN3OS/c1-3-15-11(5-10-4-9(14)7-19-10)12-6-13(18-2)17-8-16-12/h4,6-8,11,15H,3,5H2,1-2H3. The first-order chi connectivity index (χ1) is 9.22. The molecule has 0 saturated heterocycles. The summed E-state index contributed by atoms with van der Waals surface area (Å²) in [5, 5.41) is 5.55. The molecule has 2 heterocycles. The summed E-state index contributed by atoms with van der Waals surface area (Å²) in [6.45, 7) is 2.99. The maximum atomic E-state index is 5.15. The SMILES string of the molecule is CCNC(Cc1cc(Br)cs1)c1cc(OC)ncn1. The van der Waals surface area contributed by atoms with Gasteiger partial charge in [0.15, 0.2) is 0 Å². The van der Waals surface area contributed by atoms with Crippen molar-refractivity contribution in [2.24, 2.45) is 0 Å². The van der Waals surface area contributed by atoms with Crippen LogP contribution in [0.2, 0.25) is 0 Å². The Labute approximate surface area is 125 Å². The highest BCUT2D eigenvalue weighted by atomic mass is 79.9. The van der Waals surface area contributed by atoms with Crippen LogP contribution in [-0.2, 0) is 6.42 Å². The van der Waals surface area contributed by atoms with Crippen LogP contribution < -0.4 is 10.1 Å². The first-order valence-electron chi connectivity index (χ1n) is 6.05. The molecule has 0 bridgehead atoms. The minimum absolute atomic E-state index is 0.174. The zero-order valence-corrected chi connectivity index (χ0v) is 13.3. The zero-order valence-electron chi connectivity index (χ0n) is 10.9. The van der Waals surface area contributed by atoms with E-state index in [1.54, 1.807) is 24.8 Å². The van der Waals surface area contributed by atoms with Crippen molar-refractivity contribution >= 4 is 27.3 Å². The molecule has 0 amide bonds. The van der Waals surface area contributed by atoms with E-state index in [2.05, 4.69) is 49.6 Å². The molecule has 0 aliphatic carbocycles. The molecule has 0 aromatic carbocycles. The molecule has 1 unspecified atom stereocenters. The lowest BCUT2D eigenvalue weighted by Crippen LogP contribution is -2.23. The number of thiophene rings is 1. The molecule has 4 nitrogen and oxygen atoms in total. The Morgan fingerprint density at radius 2 is 2.26 bits per heavy atom. The molecule has 6 heteroatoms. The van der Waals surface area contributed by atoms with Crippen molar-refractivity contribution in [2.45, 2.75) is 19.4 Å². The second-order valence-corrected chi connectivity index (χ2v) is 5.94. The Kier molecular flexibility index (Phi) is 5.30. The number of methoxy groups -OCH3 is 1. The van der Waals surface area contributed by atoms with Crippen molar-refractivity contribution in [1.29, 1.82) is 0 Å². The van der Waals surface area contributed by atoms with Crippen molar-refractivity contribution in [3.05, 3.63) is 38.9 Å². The summed E-state index contributed by atoms with van der Waals surface area (Å²) >= 11 is 5.23. The van der Waals surface area contributed by atoms with Crippen LogP contribution in [0.1, 0.15) is 23.5 Å². The maximum Gasteiger partial charge on any atom is 0.216 e. The summed E-state index contributed by atoms with van der Waals surface area (Å²) in [6, 6.07) is 4.20. The number of aromatic nitrogens is 2. The van der Waals surface area contributed by atoms with Gasteiger partial charge in [-0.2, -0.15) is 0 Å². The number of likely N-dealkylation sites (N-methyl/N-ethyl adjacent to an activating group) is 1. The number of halogens is 1. The van der Waals surface area contributed by atoms with Gasteiger partial charge in [-0.05, 0) is 28.5 Å². The quantitative estimate of drug-likeness (QED) is 0.876. The highest BCUT2D eigenvalue weighted by molar-refractivity contribution is 9.10. The number of hydrogen-bond acceptors (Lipinski definition) is 5. The molecular weight excluding hydrogens is 326 g/mol. The van der Waals surface area contributed by atoms with E-state index in [1.807, 2.05) is 6.07 Å². The van der Waals surface area contributed by atoms with Gasteiger partial charge < -0.3 is 10.1 Å². The Balaban J connectivity index is 2.18. The van der Waals surface area contributed by atoms with E-state index in [4.69, 9.17) is 4.74 Å². The van der Waals surface area contributed by atoms with Gasteiger partial charge in [0, 0.05) is 27.2 Å². The third-order valence-electron chi connectivity index (χ3n) is 2.71. The fourth-order valence-corrected chi connectivity index (χ4v) is 3.34. The molecule has 0 aliphatic rings. The Bertz CT molecular complexity index is 532. The molecule has 102 valence electrons. The molecule has 0 fully saturated rings. The first-order valence-corrected chi connectivity index (χ1v) is 7.72. The van der Waals surface area contributed by atoms with Crippen molar-refractivity contribution in [1.82, 2.24) is 15.3 Å². The van der Waals surface area contributed by atoms with Crippen LogP contribution in [0, 0.1) is 0 Å². The third-order valence-corrected chi connectivity index (χ3v) is 4.43. The Morgan fingerprint density at radius 3 is 2.89 bits per heavy atom. The zero-order chi connectivity index (χ0) is 13.7.